The van der Waals surface area contributed by atoms with Crippen LogP contribution in [0.25, 0.3) is 0 Å². The fraction of sp³-hybridized carbons (Fsp3) is 0.444. The van der Waals surface area contributed by atoms with Gasteiger partial charge in [-0.25, -0.2) is 9.97 Å². The molecule has 496 valence electrons. The molecule has 2 aromatic carbocycles. The summed E-state index contributed by atoms with van der Waals surface area (Å²) < 4.78 is 57.5. The van der Waals surface area contributed by atoms with Crippen molar-refractivity contribution in [3.63, 3.8) is 0 Å². The maximum Gasteiger partial charge on any atom is 0.331 e. The van der Waals surface area contributed by atoms with Crippen molar-refractivity contribution in [2.24, 2.45) is 16.2 Å². The number of hydrogen-bond acceptors (Lipinski definition) is 24. The number of nitrogen functional groups attached to an aromatic ring is 1. The summed E-state index contributed by atoms with van der Waals surface area (Å²) >= 11 is 18.1. The number of halogens is 3. The van der Waals surface area contributed by atoms with E-state index in [-0.39, 0.29) is 27.7 Å². The van der Waals surface area contributed by atoms with E-state index >= 15 is 0 Å². The quantitative estimate of drug-likeness (QED) is 0.0321. The van der Waals surface area contributed by atoms with Crippen molar-refractivity contribution in [1.29, 1.82) is 0 Å². The Kier molecular flexibility index (Phi) is 21.8. The summed E-state index contributed by atoms with van der Waals surface area (Å²) in [4.78, 5) is 47.3. The van der Waals surface area contributed by atoms with Gasteiger partial charge in [0.25, 0.3) is 5.88 Å². The molecule has 0 bridgehead atoms. The first-order chi connectivity index (χ1) is 44.5. The summed E-state index contributed by atoms with van der Waals surface area (Å²) in [6, 6.07) is 25.6. The first-order valence-electron chi connectivity index (χ1n) is 30.3. The zero-order valence-corrected chi connectivity index (χ0v) is 57.1. The van der Waals surface area contributed by atoms with E-state index in [0.717, 1.165) is 139 Å². The number of nitro groups is 1. The lowest BCUT2D eigenvalue weighted by Crippen LogP contribution is -2.27. The van der Waals surface area contributed by atoms with E-state index in [9.17, 15) is 19.2 Å². The number of nitrogens with zero attached hydrogens (tertiary/aromatic N) is 11. The lowest BCUT2D eigenvalue weighted by Gasteiger charge is -2.23. The zero-order chi connectivity index (χ0) is 66.1. The van der Waals surface area contributed by atoms with Crippen LogP contribution in [0, 0.1) is 26.4 Å². The Bertz CT molecular complexity index is 3890. The predicted octanol–water partition coefficient (Wildman–Crippen LogP) is 11.6. The minimum absolute atomic E-state index is 0.0659. The van der Waals surface area contributed by atoms with Crippen LogP contribution in [0.5, 0.6) is 17.6 Å². The standard InChI is InChI=1S/C25H30ClN6O3P.C13H17N3O4.C13H19N3O2.C12H12Cl2N3OP/c1-34-23-19(8-9-21(30-23)32-12-10-25(15-32)11-13-35-16-25)29-24-27-14-17(26)22(31-24)28-18-6-4-5-7-20(18)36(2,3)33;1-19-12-10(16(17)18)2-3-11(14-12)15-6-4-13(8-15)5-7-20-9-13;1-17-12-10(14)2-3-11(15-12)16-6-4-13(8-16)5-7-18-9-13;1-19(2,18)10-6-4-3-5-9(10)16-11-8(13)7-15-12(14)17-11/h4-9,14H,10-13,15-16H2,1-3H3,(H2,27,28,29,31);2-3H,4-9H2,1H3;2-3H,4-9,14H2,1H3;3-7H,1-2H3,(H,15,16,17). The molecule has 6 aliphatic heterocycles. The first kappa shape index (κ1) is 68.5. The molecule has 93 heavy (non-hydrogen) atoms. The largest absolute Gasteiger partial charge is 0.479 e. The second-order valence-corrected chi connectivity index (χ2v) is 32.2. The second-order valence-electron chi connectivity index (χ2n) is 24.7. The van der Waals surface area contributed by atoms with Crippen molar-refractivity contribution in [3.8, 4) is 17.6 Å². The number of anilines is 10. The van der Waals surface area contributed by atoms with Gasteiger partial charge >= 0.3 is 5.69 Å². The molecule has 30 heteroatoms. The molecule has 13 rings (SSSR count). The maximum atomic E-state index is 12.7. The fourth-order valence-electron chi connectivity index (χ4n) is 12.3. The van der Waals surface area contributed by atoms with Crippen LogP contribution in [0.3, 0.4) is 0 Å². The maximum absolute atomic E-state index is 12.7. The highest BCUT2D eigenvalue weighted by Crippen LogP contribution is 2.45. The normalized spacial score (nSPS) is 20.6. The Hall–Kier alpha value is -7.34. The van der Waals surface area contributed by atoms with E-state index < -0.39 is 19.2 Å². The van der Waals surface area contributed by atoms with Crippen molar-refractivity contribution in [2.75, 3.05) is 163 Å². The van der Waals surface area contributed by atoms with E-state index in [1.54, 1.807) is 46.9 Å². The van der Waals surface area contributed by atoms with E-state index in [4.69, 9.17) is 73.9 Å². The van der Waals surface area contributed by atoms with Crippen molar-refractivity contribution in [2.45, 2.75) is 38.5 Å². The number of para-hydroxylation sites is 2. The number of aromatic nitrogens is 7. The first-order valence-corrected chi connectivity index (χ1v) is 36.7. The summed E-state index contributed by atoms with van der Waals surface area (Å²) in [5, 5.41) is 22.6. The van der Waals surface area contributed by atoms with Gasteiger partial charge in [-0.2, -0.15) is 24.9 Å². The monoisotopic (exact) mass is 1370 g/mol. The lowest BCUT2D eigenvalue weighted by atomic mass is 9.87. The van der Waals surface area contributed by atoms with Gasteiger partial charge in [-0.3, -0.25) is 10.1 Å². The van der Waals surface area contributed by atoms with Gasteiger partial charge in [-0.15, -0.1) is 0 Å². The molecule has 5 N–H and O–H groups in total. The van der Waals surface area contributed by atoms with Crippen molar-refractivity contribution >= 4 is 123 Å². The van der Waals surface area contributed by atoms with Gasteiger partial charge in [-0.05, 0) is 131 Å². The van der Waals surface area contributed by atoms with Gasteiger partial charge in [-0.1, -0.05) is 47.5 Å². The summed E-state index contributed by atoms with van der Waals surface area (Å²) in [5.74, 6) is 4.70. The molecule has 6 aliphatic rings. The fourth-order valence-corrected chi connectivity index (χ4v) is 15.0. The molecule has 6 saturated heterocycles. The van der Waals surface area contributed by atoms with E-state index in [0.29, 0.717) is 67.6 Å². The Labute approximate surface area is 556 Å². The van der Waals surface area contributed by atoms with Gasteiger partial charge in [0.1, 0.15) is 47.5 Å². The van der Waals surface area contributed by atoms with Crippen LogP contribution in [-0.4, -0.2) is 167 Å². The summed E-state index contributed by atoms with van der Waals surface area (Å²) in [7, 11) is -0.325. The van der Waals surface area contributed by atoms with Crippen LogP contribution in [0.2, 0.25) is 15.3 Å². The SMILES string of the molecule is COc1nc(N2CCC3(CCOC3)C2)ccc1N.COc1nc(N2CCC3(CCOC3)C2)ccc1Nc1ncc(Cl)c(Nc2ccccc2P(C)(C)=O)n1.COc1nc(N2CCC3(CCOC3)C2)ccc1[N+](=O)[O-].CP(C)(=O)c1ccccc1Nc1nc(Cl)ncc1Cl. The molecule has 6 fully saturated rings. The smallest absolute Gasteiger partial charge is 0.331 e. The van der Waals surface area contributed by atoms with Gasteiger partial charge in [0.2, 0.25) is 23.0 Å². The molecule has 0 amide bonds. The number of rotatable bonds is 15. The molecule has 0 aliphatic carbocycles. The van der Waals surface area contributed by atoms with Crippen molar-refractivity contribution in [3.05, 3.63) is 123 Å². The number of pyridine rings is 3. The van der Waals surface area contributed by atoms with Gasteiger partial charge in [0, 0.05) is 92.0 Å². The van der Waals surface area contributed by atoms with Gasteiger partial charge in [0.15, 0.2) is 11.6 Å². The van der Waals surface area contributed by atoms with Crippen LogP contribution >= 0.6 is 49.1 Å². The highest BCUT2D eigenvalue weighted by Gasteiger charge is 2.44. The third-order valence-corrected chi connectivity index (χ3v) is 21.2. The van der Waals surface area contributed by atoms with E-state index in [1.165, 1.54) is 32.0 Å². The molecule has 3 atom stereocenters. The van der Waals surface area contributed by atoms with Crippen LogP contribution in [0.1, 0.15) is 38.5 Å². The average molecular weight is 1370 g/mol. The summed E-state index contributed by atoms with van der Waals surface area (Å²) in [5.41, 5.74) is 9.12. The Morgan fingerprint density at radius 2 is 0.968 bits per heavy atom. The van der Waals surface area contributed by atoms with Gasteiger partial charge < -0.3 is 73.9 Å². The molecule has 3 unspecified atom stereocenters. The van der Waals surface area contributed by atoms with Crippen LogP contribution < -0.4 is 61.2 Å². The third kappa shape index (κ3) is 16.8. The van der Waals surface area contributed by atoms with E-state index in [2.05, 4.69) is 60.6 Å². The molecule has 5 aromatic heterocycles. The Morgan fingerprint density at radius 1 is 0.538 bits per heavy atom. The van der Waals surface area contributed by atoms with Crippen molar-refractivity contribution < 1.29 is 42.5 Å². The number of hydrogen-bond donors (Lipinski definition) is 4. The molecular formula is C63H78Cl3N15O10P2. The topological polar surface area (TPSA) is 295 Å². The highest BCUT2D eigenvalue weighted by atomic mass is 35.5. The zero-order valence-electron chi connectivity index (χ0n) is 53.1. The Morgan fingerprint density at radius 3 is 1.42 bits per heavy atom. The Balaban J connectivity index is 0.000000143. The molecule has 3 spiro atoms. The molecule has 0 saturated carbocycles. The minimum Gasteiger partial charge on any atom is -0.479 e. The molecule has 25 nitrogen and oxygen atoms in total. The number of nitrogens with two attached hydrogens (primary N) is 1. The number of methoxy groups -OCH3 is 3. The van der Waals surface area contributed by atoms with Crippen LogP contribution in [0.4, 0.5) is 63.5 Å². The van der Waals surface area contributed by atoms with Crippen LogP contribution in [-0.2, 0) is 23.3 Å². The number of nitrogens with one attached hydrogen (secondary N) is 3. The summed E-state index contributed by atoms with van der Waals surface area (Å²) in [6.07, 6.45) is 9.64. The molecule has 0 radical (unpaired) electrons. The molecule has 7 aromatic rings. The number of benzene rings is 2. The third-order valence-electron chi connectivity index (χ3n) is 17.3. The minimum atomic E-state index is -2.51. The molecular weight excluding hydrogens is 1300 g/mol. The average Bonchev–Trinajstić information content (AvgIpc) is 1.75. The highest BCUT2D eigenvalue weighted by molar-refractivity contribution is 7.70. The van der Waals surface area contributed by atoms with Gasteiger partial charge in [0.05, 0.1) is 75.5 Å². The lowest BCUT2D eigenvalue weighted by molar-refractivity contribution is -0.386. The van der Waals surface area contributed by atoms with E-state index in [1.807, 2.05) is 72.8 Å². The molecule has 11 heterocycles. The van der Waals surface area contributed by atoms with Crippen LogP contribution in [0.15, 0.2) is 97.3 Å². The summed E-state index contributed by atoms with van der Waals surface area (Å²) in [6.45, 7) is 17.7. The second kappa shape index (κ2) is 29.5. The number of ether oxygens (including phenoxy) is 6. The van der Waals surface area contributed by atoms with Crippen molar-refractivity contribution in [1.82, 2.24) is 34.9 Å². The predicted molar refractivity (Wildman–Crippen MR) is 368 cm³/mol.